The minimum Gasteiger partial charge on any atom is -0.270 e. The van der Waals surface area contributed by atoms with E-state index in [1.807, 2.05) is 22.6 Å². The summed E-state index contributed by atoms with van der Waals surface area (Å²) < 4.78 is 26.1. The number of halogens is 1. The van der Waals surface area contributed by atoms with Crippen molar-refractivity contribution in [2.45, 2.75) is 6.42 Å². The fraction of sp³-hybridized carbons (Fsp3) is 0.600. The molecule has 0 N–H and O–H groups in total. The summed E-state index contributed by atoms with van der Waals surface area (Å²) in [6.45, 7) is 3.78. The first-order valence-electron chi connectivity index (χ1n) is 2.59. The molecule has 0 aromatic carbocycles. The molecule has 0 unspecified atom stereocenters. The Kier molecular flexibility index (Phi) is 4.46. The van der Waals surface area contributed by atoms with E-state index in [1.54, 1.807) is 0 Å². The van der Waals surface area contributed by atoms with Crippen LogP contribution in [0.3, 0.4) is 0 Å². The van der Waals surface area contributed by atoms with Crippen LogP contribution in [0.2, 0.25) is 0 Å². The molecule has 5 heteroatoms. The second-order valence-electron chi connectivity index (χ2n) is 1.79. The summed E-state index contributed by atoms with van der Waals surface area (Å²) in [6, 6.07) is 0. The molecule has 0 spiro atoms. The zero-order valence-electron chi connectivity index (χ0n) is 5.63. The highest BCUT2D eigenvalue weighted by molar-refractivity contribution is 14.1. The highest BCUT2D eigenvalue weighted by Gasteiger charge is 1.99. The first-order chi connectivity index (χ1) is 4.42. The van der Waals surface area contributed by atoms with Crippen LogP contribution >= 0.6 is 22.6 Å². The number of rotatable bonds is 4. The molecule has 10 heavy (non-hydrogen) atoms. The molecular formula is C5H9IO3S. The van der Waals surface area contributed by atoms with Gasteiger partial charge in [-0.15, -0.1) is 0 Å². The average molecular weight is 276 g/mol. The average Bonchev–Trinajstić information content (AvgIpc) is 1.59. The topological polar surface area (TPSA) is 43.4 Å². The normalized spacial score (nSPS) is 11.4. The molecule has 0 aliphatic rings. The van der Waals surface area contributed by atoms with Crippen LogP contribution < -0.4 is 0 Å². The third-order valence-corrected chi connectivity index (χ3v) is 1.80. The maximum Gasteiger partial charge on any atom is 0.264 e. The Hall–Kier alpha value is 0.380. The number of hydrogen-bond donors (Lipinski definition) is 0. The molecule has 0 fully saturated rings. The van der Waals surface area contributed by atoms with Gasteiger partial charge in [-0.25, -0.2) is 0 Å². The summed E-state index contributed by atoms with van der Waals surface area (Å²) in [7, 11) is -3.26. The van der Waals surface area contributed by atoms with E-state index < -0.39 is 10.1 Å². The monoisotopic (exact) mass is 276 g/mol. The lowest BCUT2D eigenvalue weighted by molar-refractivity contribution is 0.328. The molecule has 3 nitrogen and oxygen atoms in total. The third-order valence-electron chi connectivity index (χ3n) is 0.671. The van der Waals surface area contributed by atoms with Gasteiger partial charge in [0.15, 0.2) is 0 Å². The van der Waals surface area contributed by atoms with E-state index in [9.17, 15) is 8.42 Å². The first-order valence-corrected chi connectivity index (χ1v) is 5.49. The van der Waals surface area contributed by atoms with Crippen molar-refractivity contribution >= 4 is 32.7 Å². The van der Waals surface area contributed by atoms with Gasteiger partial charge in [0.25, 0.3) is 10.1 Å². The van der Waals surface area contributed by atoms with Crippen LogP contribution in [0.1, 0.15) is 6.42 Å². The Morgan fingerprint density at radius 3 is 2.50 bits per heavy atom. The van der Waals surface area contributed by atoms with E-state index in [4.69, 9.17) is 0 Å². The maximum absolute atomic E-state index is 10.4. The maximum atomic E-state index is 10.4. The number of hydrogen-bond acceptors (Lipinski definition) is 3. The Morgan fingerprint density at radius 2 is 2.20 bits per heavy atom. The third kappa shape index (κ3) is 8.38. The lowest BCUT2D eigenvalue weighted by Gasteiger charge is -1.97. The van der Waals surface area contributed by atoms with Gasteiger partial charge in [-0.05, 0) is 26.2 Å². The van der Waals surface area contributed by atoms with Crippen LogP contribution in [0, 0.1) is 0 Å². The molecule has 60 valence electrons. The van der Waals surface area contributed by atoms with Gasteiger partial charge in [0.2, 0.25) is 0 Å². The zero-order valence-corrected chi connectivity index (χ0v) is 8.61. The van der Waals surface area contributed by atoms with Crippen molar-refractivity contribution < 1.29 is 12.6 Å². The molecular weight excluding hydrogens is 267 g/mol. The van der Waals surface area contributed by atoms with E-state index in [-0.39, 0.29) is 6.61 Å². The first kappa shape index (κ1) is 10.4. The molecule has 0 aliphatic heterocycles. The quantitative estimate of drug-likeness (QED) is 0.574. The van der Waals surface area contributed by atoms with Crippen LogP contribution in [0.5, 0.6) is 0 Å². The van der Waals surface area contributed by atoms with Crippen molar-refractivity contribution in [3.63, 3.8) is 0 Å². The van der Waals surface area contributed by atoms with Gasteiger partial charge in [-0.3, -0.25) is 4.18 Å². The van der Waals surface area contributed by atoms with Gasteiger partial charge in [-0.1, -0.05) is 6.58 Å². The zero-order chi connectivity index (χ0) is 8.20. The Balaban J connectivity index is 3.49. The summed E-state index contributed by atoms with van der Waals surface area (Å²) in [5.74, 6) is 0. The predicted molar refractivity (Wildman–Crippen MR) is 48.6 cm³/mol. The van der Waals surface area contributed by atoms with Crippen LogP contribution in [0.4, 0.5) is 0 Å². The van der Waals surface area contributed by atoms with Crippen molar-refractivity contribution in [2.24, 2.45) is 0 Å². The van der Waals surface area contributed by atoms with Gasteiger partial charge >= 0.3 is 0 Å². The Morgan fingerprint density at radius 1 is 1.70 bits per heavy atom. The highest BCUT2D eigenvalue weighted by Crippen LogP contribution is 2.07. The summed E-state index contributed by atoms with van der Waals surface area (Å²) in [5, 5.41) is 0. The summed E-state index contributed by atoms with van der Waals surface area (Å²) in [5.41, 5.74) is 0. The van der Waals surface area contributed by atoms with E-state index in [0.29, 0.717) is 6.42 Å². The minimum atomic E-state index is -3.26. The molecule has 0 atom stereocenters. The lowest BCUT2D eigenvalue weighted by atomic mass is 10.5. The van der Waals surface area contributed by atoms with Gasteiger partial charge in [0.05, 0.1) is 12.9 Å². The predicted octanol–water partition coefficient (Wildman–Crippen LogP) is 1.30. The van der Waals surface area contributed by atoms with E-state index >= 15 is 0 Å². The van der Waals surface area contributed by atoms with Gasteiger partial charge in [0, 0.05) is 6.42 Å². The fourth-order valence-corrected chi connectivity index (χ4v) is 0.910. The van der Waals surface area contributed by atoms with Crippen LogP contribution in [0.15, 0.2) is 10.2 Å². The van der Waals surface area contributed by atoms with E-state index in [1.165, 1.54) is 0 Å². The molecule has 0 bridgehead atoms. The smallest absolute Gasteiger partial charge is 0.264 e. The standard InChI is InChI=1S/C5H9IO3S/c1-5(6)3-4-9-10(2,7)8/h1,3-4H2,2H3. The van der Waals surface area contributed by atoms with Crippen molar-refractivity contribution in [3.8, 4) is 0 Å². The molecule has 0 amide bonds. The fourth-order valence-electron chi connectivity index (χ4n) is 0.304. The van der Waals surface area contributed by atoms with Crippen molar-refractivity contribution in [1.82, 2.24) is 0 Å². The Bertz CT molecular complexity index is 207. The summed E-state index contributed by atoms with van der Waals surface area (Å²) in [6.07, 6.45) is 1.61. The molecule has 0 saturated heterocycles. The minimum absolute atomic E-state index is 0.195. The van der Waals surface area contributed by atoms with Gasteiger partial charge in [0.1, 0.15) is 0 Å². The molecule has 0 saturated carbocycles. The van der Waals surface area contributed by atoms with Crippen molar-refractivity contribution in [2.75, 3.05) is 12.9 Å². The molecule has 0 aliphatic carbocycles. The van der Waals surface area contributed by atoms with Crippen LogP contribution in [0.25, 0.3) is 0 Å². The molecule has 0 radical (unpaired) electrons. The molecule has 0 aromatic rings. The summed E-state index contributed by atoms with van der Waals surface area (Å²) in [4.78, 5) is 0. The van der Waals surface area contributed by atoms with Crippen molar-refractivity contribution in [1.29, 1.82) is 0 Å². The van der Waals surface area contributed by atoms with Gasteiger partial charge in [-0.2, -0.15) is 8.42 Å². The second-order valence-corrected chi connectivity index (χ2v) is 4.96. The molecule has 0 heterocycles. The Labute approximate surface area is 74.7 Å². The molecule has 0 rings (SSSR count). The van der Waals surface area contributed by atoms with E-state index in [0.717, 1.165) is 9.84 Å². The van der Waals surface area contributed by atoms with Gasteiger partial charge < -0.3 is 0 Å². The summed E-state index contributed by atoms with van der Waals surface area (Å²) >= 11 is 2.02. The van der Waals surface area contributed by atoms with Crippen molar-refractivity contribution in [3.05, 3.63) is 10.2 Å². The SMILES string of the molecule is C=C(I)CCOS(C)(=O)=O. The molecule has 0 aromatic heterocycles. The van der Waals surface area contributed by atoms with Crippen LogP contribution in [-0.2, 0) is 14.3 Å². The largest absolute Gasteiger partial charge is 0.270 e. The lowest BCUT2D eigenvalue weighted by Crippen LogP contribution is -2.03. The second kappa shape index (κ2) is 4.30. The van der Waals surface area contributed by atoms with E-state index in [2.05, 4.69) is 10.8 Å². The highest BCUT2D eigenvalue weighted by atomic mass is 127. The van der Waals surface area contributed by atoms with Crippen LogP contribution in [-0.4, -0.2) is 21.3 Å².